The smallest absolute Gasteiger partial charge is 0.225 e. The van der Waals surface area contributed by atoms with Crippen LogP contribution in [0.15, 0.2) is 0 Å². The maximum absolute atomic E-state index is 12.0. The normalized spacial score (nSPS) is 27.1. The fourth-order valence-corrected chi connectivity index (χ4v) is 2.41. The number of piperidine rings is 1. The molecule has 3 atom stereocenters. The van der Waals surface area contributed by atoms with Crippen LogP contribution in [-0.2, 0) is 4.79 Å². The SMILES string of the molecule is CC(O)C1CC(NC(=O)C(C)(C)C)CN(CCO)C1. The number of carbonyl (C=O) groups excluding carboxylic acids is 1. The number of aliphatic hydroxyl groups excluding tert-OH is 2. The highest BCUT2D eigenvalue weighted by Crippen LogP contribution is 2.21. The molecule has 0 saturated carbocycles. The monoisotopic (exact) mass is 272 g/mol. The van der Waals surface area contributed by atoms with Crippen LogP contribution < -0.4 is 5.32 Å². The second-order valence-electron chi connectivity index (χ2n) is 6.64. The lowest BCUT2D eigenvalue weighted by Gasteiger charge is -2.39. The molecule has 1 fully saturated rings. The van der Waals surface area contributed by atoms with Crippen molar-refractivity contribution < 1.29 is 15.0 Å². The van der Waals surface area contributed by atoms with E-state index in [2.05, 4.69) is 10.2 Å². The molecule has 0 aromatic rings. The maximum atomic E-state index is 12.0. The first kappa shape index (κ1) is 16.4. The second kappa shape index (κ2) is 6.68. The lowest BCUT2D eigenvalue weighted by atomic mass is 9.88. The Kier molecular flexibility index (Phi) is 5.77. The summed E-state index contributed by atoms with van der Waals surface area (Å²) in [5.74, 6) is 0.179. The zero-order valence-corrected chi connectivity index (χ0v) is 12.5. The molecule has 0 aromatic carbocycles. The highest BCUT2D eigenvalue weighted by atomic mass is 16.3. The number of rotatable bonds is 4. The Hall–Kier alpha value is -0.650. The fraction of sp³-hybridized carbons (Fsp3) is 0.929. The van der Waals surface area contributed by atoms with Crippen molar-refractivity contribution in [1.29, 1.82) is 0 Å². The molecule has 19 heavy (non-hydrogen) atoms. The summed E-state index contributed by atoms with van der Waals surface area (Å²) in [6.45, 7) is 9.67. The summed E-state index contributed by atoms with van der Waals surface area (Å²) in [6.07, 6.45) is 0.400. The van der Waals surface area contributed by atoms with Crippen LogP contribution in [0.3, 0.4) is 0 Å². The first-order valence-electron chi connectivity index (χ1n) is 7.06. The second-order valence-corrected chi connectivity index (χ2v) is 6.64. The molecular formula is C14H28N2O3. The molecule has 3 unspecified atom stereocenters. The van der Waals surface area contributed by atoms with Crippen molar-refractivity contribution in [1.82, 2.24) is 10.2 Å². The molecule has 0 radical (unpaired) electrons. The Morgan fingerprint density at radius 2 is 2.05 bits per heavy atom. The number of β-amino-alcohol motifs (C(OH)–C–C–N with tert-alkyl or cyclic N) is 1. The number of aliphatic hydroxyl groups is 2. The minimum absolute atomic E-state index is 0.0349. The molecule has 1 saturated heterocycles. The van der Waals surface area contributed by atoms with Gasteiger partial charge in [0.15, 0.2) is 0 Å². The van der Waals surface area contributed by atoms with Crippen molar-refractivity contribution in [2.75, 3.05) is 26.2 Å². The molecule has 1 heterocycles. The zero-order chi connectivity index (χ0) is 14.6. The standard InChI is InChI=1S/C14H28N2O3/c1-10(18)11-7-12(9-16(8-11)5-6-17)15-13(19)14(2,3)4/h10-12,17-18H,5-9H2,1-4H3,(H,15,19). The third-order valence-corrected chi connectivity index (χ3v) is 3.67. The van der Waals surface area contributed by atoms with Gasteiger partial charge < -0.3 is 15.5 Å². The van der Waals surface area contributed by atoms with E-state index in [0.29, 0.717) is 6.54 Å². The third-order valence-electron chi connectivity index (χ3n) is 3.67. The number of hydrogen-bond donors (Lipinski definition) is 3. The van der Waals surface area contributed by atoms with Gasteiger partial charge in [0.25, 0.3) is 0 Å². The molecule has 0 aliphatic carbocycles. The van der Waals surface area contributed by atoms with Gasteiger partial charge in [0, 0.05) is 31.1 Å². The Bertz CT molecular complexity index is 300. The Balaban J connectivity index is 2.63. The van der Waals surface area contributed by atoms with E-state index in [1.807, 2.05) is 20.8 Å². The van der Waals surface area contributed by atoms with Gasteiger partial charge in [-0.3, -0.25) is 9.69 Å². The minimum atomic E-state index is -0.403. The molecule has 1 aliphatic heterocycles. The van der Waals surface area contributed by atoms with Crippen molar-refractivity contribution in [2.24, 2.45) is 11.3 Å². The van der Waals surface area contributed by atoms with Gasteiger partial charge in [-0.1, -0.05) is 20.8 Å². The van der Waals surface area contributed by atoms with Gasteiger partial charge in [-0.2, -0.15) is 0 Å². The summed E-state index contributed by atoms with van der Waals surface area (Å²) in [5.41, 5.74) is -0.403. The maximum Gasteiger partial charge on any atom is 0.225 e. The predicted octanol–water partition coefficient (Wildman–Crippen LogP) is 0.212. The van der Waals surface area contributed by atoms with Crippen molar-refractivity contribution in [3.05, 3.63) is 0 Å². The highest BCUT2D eigenvalue weighted by Gasteiger charge is 2.32. The van der Waals surface area contributed by atoms with Crippen LogP contribution in [0.4, 0.5) is 0 Å². The van der Waals surface area contributed by atoms with Gasteiger partial charge in [0.2, 0.25) is 5.91 Å². The van der Waals surface area contributed by atoms with Crippen LogP contribution in [0.1, 0.15) is 34.1 Å². The summed E-state index contributed by atoms with van der Waals surface area (Å²) in [5, 5.41) is 21.9. The molecular weight excluding hydrogens is 244 g/mol. The first-order valence-corrected chi connectivity index (χ1v) is 7.06. The Morgan fingerprint density at radius 3 is 2.53 bits per heavy atom. The van der Waals surface area contributed by atoms with Gasteiger partial charge in [-0.15, -0.1) is 0 Å². The summed E-state index contributed by atoms with van der Waals surface area (Å²) in [7, 11) is 0. The summed E-state index contributed by atoms with van der Waals surface area (Å²) >= 11 is 0. The summed E-state index contributed by atoms with van der Waals surface area (Å²) < 4.78 is 0. The topological polar surface area (TPSA) is 72.8 Å². The van der Waals surface area contributed by atoms with Crippen LogP contribution >= 0.6 is 0 Å². The fourth-order valence-electron chi connectivity index (χ4n) is 2.41. The number of nitrogens with zero attached hydrogens (tertiary/aromatic N) is 1. The van der Waals surface area contributed by atoms with Gasteiger partial charge in [0.05, 0.1) is 12.7 Å². The molecule has 1 rings (SSSR count). The number of likely N-dealkylation sites (tertiary alicyclic amines) is 1. The Labute approximate surface area is 116 Å². The first-order chi connectivity index (χ1) is 8.74. The number of hydrogen-bond acceptors (Lipinski definition) is 4. The van der Waals surface area contributed by atoms with E-state index in [-0.39, 0.29) is 24.5 Å². The lowest BCUT2D eigenvalue weighted by Crippen LogP contribution is -2.54. The molecule has 0 aromatic heterocycles. The zero-order valence-electron chi connectivity index (χ0n) is 12.5. The minimum Gasteiger partial charge on any atom is -0.395 e. The van der Waals surface area contributed by atoms with E-state index in [4.69, 9.17) is 5.11 Å². The molecule has 5 nitrogen and oxygen atoms in total. The van der Waals surface area contributed by atoms with Crippen LogP contribution in [0.5, 0.6) is 0 Å². The number of carbonyl (C=O) groups is 1. The van der Waals surface area contributed by atoms with Gasteiger partial charge in [0.1, 0.15) is 0 Å². The molecule has 3 N–H and O–H groups in total. The molecule has 0 bridgehead atoms. The third kappa shape index (κ3) is 5.09. The number of amides is 1. The van der Waals surface area contributed by atoms with E-state index in [0.717, 1.165) is 19.5 Å². The summed E-state index contributed by atoms with van der Waals surface area (Å²) in [6, 6.07) is 0.0478. The highest BCUT2D eigenvalue weighted by molar-refractivity contribution is 5.81. The van der Waals surface area contributed by atoms with Crippen LogP contribution in [0, 0.1) is 11.3 Å². The van der Waals surface area contributed by atoms with Gasteiger partial charge >= 0.3 is 0 Å². The van der Waals surface area contributed by atoms with Crippen molar-refractivity contribution in [3.8, 4) is 0 Å². The largest absolute Gasteiger partial charge is 0.395 e. The van der Waals surface area contributed by atoms with E-state index in [9.17, 15) is 9.90 Å². The molecule has 112 valence electrons. The average Bonchev–Trinajstić information content (AvgIpc) is 2.27. The summed E-state index contributed by atoms with van der Waals surface area (Å²) in [4.78, 5) is 14.1. The molecule has 1 amide bonds. The quantitative estimate of drug-likeness (QED) is 0.684. The molecule has 5 heteroatoms. The van der Waals surface area contributed by atoms with Crippen LogP contribution in [0.2, 0.25) is 0 Å². The molecule has 0 spiro atoms. The van der Waals surface area contributed by atoms with Crippen molar-refractivity contribution in [2.45, 2.75) is 46.3 Å². The average molecular weight is 272 g/mol. The van der Waals surface area contributed by atoms with Crippen molar-refractivity contribution >= 4 is 5.91 Å². The van der Waals surface area contributed by atoms with Crippen LogP contribution in [-0.4, -0.2) is 59.4 Å². The van der Waals surface area contributed by atoms with E-state index < -0.39 is 11.5 Å². The van der Waals surface area contributed by atoms with E-state index in [1.54, 1.807) is 6.92 Å². The van der Waals surface area contributed by atoms with Crippen LogP contribution in [0.25, 0.3) is 0 Å². The number of nitrogens with one attached hydrogen (secondary N) is 1. The Morgan fingerprint density at radius 1 is 1.42 bits per heavy atom. The van der Waals surface area contributed by atoms with E-state index in [1.165, 1.54) is 0 Å². The van der Waals surface area contributed by atoms with Gasteiger partial charge in [-0.25, -0.2) is 0 Å². The lowest BCUT2D eigenvalue weighted by molar-refractivity contribution is -0.130. The molecule has 1 aliphatic rings. The van der Waals surface area contributed by atoms with E-state index >= 15 is 0 Å². The van der Waals surface area contributed by atoms with Gasteiger partial charge in [-0.05, 0) is 19.3 Å². The predicted molar refractivity (Wildman–Crippen MR) is 74.7 cm³/mol. The van der Waals surface area contributed by atoms with Crippen molar-refractivity contribution in [3.63, 3.8) is 0 Å².